The number of imidazole rings is 1. The summed E-state index contributed by atoms with van der Waals surface area (Å²) in [5.41, 5.74) is 4.38. The fourth-order valence-corrected chi connectivity index (χ4v) is 6.12. The number of rotatable bonds is 6. The van der Waals surface area contributed by atoms with Crippen LogP contribution in [0.3, 0.4) is 0 Å². The number of ether oxygens (including phenoxy) is 2. The van der Waals surface area contributed by atoms with E-state index in [9.17, 15) is 19.1 Å². The van der Waals surface area contributed by atoms with E-state index >= 15 is 0 Å². The Morgan fingerprint density at radius 1 is 1.13 bits per heavy atom. The first kappa shape index (κ1) is 27.0. The van der Waals surface area contributed by atoms with Crippen LogP contribution in [0.2, 0.25) is 0 Å². The van der Waals surface area contributed by atoms with Crippen LogP contribution in [-0.2, 0) is 22.4 Å². The van der Waals surface area contributed by atoms with Crippen molar-refractivity contribution >= 4 is 28.8 Å². The fraction of sp³-hybridized carbons (Fsp3) is 0.500. The smallest absolute Gasteiger partial charge is 0.414 e. The zero-order chi connectivity index (χ0) is 27.8. The first-order valence-electron chi connectivity index (χ1n) is 13.8. The SMILES string of the molecule is COC(=O)N1c2ccc3c(nc(Cc4ccc(OC(C)C)c(F)c4)n3C3CCC(C(=O)O)CC3)c2CCC1C. The fourth-order valence-electron chi connectivity index (χ4n) is 6.12. The number of anilines is 1. The number of carboxylic acids is 1. The van der Waals surface area contributed by atoms with E-state index in [4.69, 9.17) is 14.5 Å². The molecule has 0 bridgehead atoms. The molecular weight excluding hydrogens is 501 g/mol. The predicted octanol–water partition coefficient (Wildman–Crippen LogP) is 6.28. The van der Waals surface area contributed by atoms with Gasteiger partial charge in [-0.05, 0) is 89.1 Å². The van der Waals surface area contributed by atoms with Gasteiger partial charge in [0.15, 0.2) is 11.6 Å². The molecule has 1 aromatic heterocycles. The highest BCUT2D eigenvalue weighted by Gasteiger charge is 2.33. The molecule has 1 saturated carbocycles. The first-order chi connectivity index (χ1) is 18.7. The van der Waals surface area contributed by atoms with E-state index in [1.165, 1.54) is 13.2 Å². The third kappa shape index (κ3) is 5.18. The van der Waals surface area contributed by atoms with Gasteiger partial charge in [-0.15, -0.1) is 0 Å². The molecule has 8 nitrogen and oxygen atoms in total. The Kier molecular flexibility index (Phi) is 7.51. The van der Waals surface area contributed by atoms with E-state index in [0.717, 1.165) is 59.4 Å². The Morgan fingerprint density at radius 3 is 2.51 bits per heavy atom. The van der Waals surface area contributed by atoms with E-state index < -0.39 is 17.9 Å². The van der Waals surface area contributed by atoms with Crippen LogP contribution in [0.25, 0.3) is 11.0 Å². The van der Waals surface area contributed by atoms with Crippen molar-refractivity contribution in [2.24, 2.45) is 5.92 Å². The van der Waals surface area contributed by atoms with Crippen LogP contribution in [0.1, 0.15) is 75.9 Å². The number of carboxylic acid groups (broad SMARTS) is 1. The largest absolute Gasteiger partial charge is 0.488 e. The van der Waals surface area contributed by atoms with E-state index in [0.29, 0.717) is 19.3 Å². The Bertz CT molecular complexity index is 1390. The minimum Gasteiger partial charge on any atom is -0.488 e. The molecule has 2 heterocycles. The lowest BCUT2D eigenvalue weighted by molar-refractivity contribution is -0.143. The number of aryl methyl sites for hydroxylation is 1. The Balaban J connectivity index is 1.58. The van der Waals surface area contributed by atoms with Gasteiger partial charge in [0.2, 0.25) is 0 Å². The second-order valence-corrected chi connectivity index (χ2v) is 11.0. The van der Waals surface area contributed by atoms with Crippen molar-refractivity contribution in [1.29, 1.82) is 0 Å². The number of amides is 1. The van der Waals surface area contributed by atoms with Crippen molar-refractivity contribution < 1.29 is 28.6 Å². The van der Waals surface area contributed by atoms with Crippen molar-refractivity contribution in [2.75, 3.05) is 12.0 Å². The molecule has 208 valence electrons. The number of nitrogens with zero attached hydrogens (tertiary/aromatic N) is 3. The molecule has 2 aromatic carbocycles. The molecule has 1 aliphatic heterocycles. The molecule has 1 unspecified atom stereocenters. The summed E-state index contributed by atoms with van der Waals surface area (Å²) in [6.07, 6.45) is 4.12. The molecule has 3 aromatic rings. The molecular formula is C30H36FN3O5. The lowest BCUT2D eigenvalue weighted by Crippen LogP contribution is -2.42. The van der Waals surface area contributed by atoms with E-state index in [1.807, 2.05) is 39.0 Å². The van der Waals surface area contributed by atoms with Gasteiger partial charge in [0, 0.05) is 24.1 Å². The molecule has 0 radical (unpaired) electrons. The molecule has 1 fully saturated rings. The monoisotopic (exact) mass is 537 g/mol. The highest BCUT2D eigenvalue weighted by molar-refractivity contribution is 5.95. The number of hydrogen-bond donors (Lipinski definition) is 1. The standard InChI is InChI=1S/C30H36FN3O5/c1-17(2)39-26-14-6-19(15-23(26)31)16-27-32-28-22-11-5-18(3)33(30(37)38-4)24(22)12-13-25(28)34(27)21-9-7-20(8-10-21)29(35)36/h6,12-15,17-18,20-21H,5,7-11,16H2,1-4H3,(H,35,36). The van der Waals surface area contributed by atoms with Gasteiger partial charge < -0.3 is 19.1 Å². The van der Waals surface area contributed by atoms with Crippen molar-refractivity contribution in [1.82, 2.24) is 9.55 Å². The average Bonchev–Trinajstić information content (AvgIpc) is 3.27. The van der Waals surface area contributed by atoms with Crippen molar-refractivity contribution in [2.45, 2.75) is 83.9 Å². The maximum absolute atomic E-state index is 14.8. The molecule has 9 heteroatoms. The van der Waals surface area contributed by atoms with Crippen LogP contribution in [-0.4, -0.2) is 46.0 Å². The average molecular weight is 538 g/mol. The van der Waals surface area contributed by atoms with Crippen LogP contribution in [0.5, 0.6) is 5.75 Å². The Labute approximate surface area is 227 Å². The number of methoxy groups -OCH3 is 1. The van der Waals surface area contributed by atoms with Crippen LogP contribution < -0.4 is 9.64 Å². The number of carbonyl (C=O) groups excluding carboxylic acids is 1. The number of benzene rings is 2. The van der Waals surface area contributed by atoms with Gasteiger partial charge in [-0.1, -0.05) is 6.07 Å². The highest BCUT2D eigenvalue weighted by Crippen LogP contribution is 2.40. The quantitative estimate of drug-likeness (QED) is 0.398. The summed E-state index contributed by atoms with van der Waals surface area (Å²) in [6, 6.07) is 9.08. The molecule has 1 aliphatic carbocycles. The summed E-state index contributed by atoms with van der Waals surface area (Å²) in [4.78, 5) is 31.0. The van der Waals surface area contributed by atoms with Crippen LogP contribution in [0.15, 0.2) is 30.3 Å². The summed E-state index contributed by atoms with van der Waals surface area (Å²) in [5.74, 6) is -0.456. The number of carbonyl (C=O) groups is 2. The van der Waals surface area contributed by atoms with Gasteiger partial charge in [0.05, 0.1) is 35.9 Å². The van der Waals surface area contributed by atoms with Gasteiger partial charge in [-0.25, -0.2) is 14.2 Å². The minimum atomic E-state index is -0.741. The second kappa shape index (κ2) is 10.9. The Morgan fingerprint density at radius 2 is 1.87 bits per heavy atom. The molecule has 39 heavy (non-hydrogen) atoms. The van der Waals surface area contributed by atoms with Gasteiger partial charge in [0.1, 0.15) is 5.82 Å². The summed E-state index contributed by atoms with van der Waals surface area (Å²) < 4.78 is 27.7. The first-order valence-corrected chi connectivity index (χ1v) is 13.8. The number of aliphatic carboxylic acids is 1. The number of halogens is 1. The molecule has 0 saturated heterocycles. The summed E-state index contributed by atoms with van der Waals surface area (Å²) in [5, 5.41) is 9.52. The zero-order valence-corrected chi connectivity index (χ0v) is 22.9. The van der Waals surface area contributed by atoms with E-state index in [1.54, 1.807) is 11.0 Å². The number of fused-ring (bicyclic) bond motifs is 3. The Hall–Kier alpha value is -3.62. The van der Waals surface area contributed by atoms with Crippen molar-refractivity contribution in [3.05, 3.63) is 53.1 Å². The van der Waals surface area contributed by atoms with Crippen molar-refractivity contribution in [3.63, 3.8) is 0 Å². The number of aromatic nitrogens is 2. The normalized spacial score (nSPS) is 21.2. The second-order valence-electron chi connectivity index (χ2n) is 11.0. The summed E-state index contributed by atoms with van der Waals surface area (Å²) >= 11 is 0. The molecule has 0 spiro atoms. The lowest BCUT2D eigenvalue weighted by Gasteiger charge is -2.34. The molecule has 1 N–H and O–H groups in total. The minimum absolute atomic E-state index is 0.00444. The van der Waals surface area contributed by atoms with Crippen LogP contribution in [0, 0.1) is 11.7 Å². The number of hydrogen-bond acceptors (Lipinski definition) is 5. The van der Waals surface area contributed by atoms with Gasteiger partial charge in [-0.2, -0.15) is 0 Å². The summed E-state index contributed by atoms with van der Waals surface area (Å²) in [6.45, 7) is 5.73. The molecule has 5 rings (SSSR count). The highest BCUT2D eigenvalue weighted by atomic mass is 19.1. The topological polar surface area (TPSA) is 93.9 Å². The van der Waals surface area contributed by atoms with Gasteiger partial charge >= 0.3 is 12.1 Å². The maximum atomic E-state index is 14.8. The van der Waals surface area contributed by atoms with Crippen LogP contribution in [0.4, 0.5) is 14.9 Å². The molecule has 1 atom stereocenters. The molecule has 2 aliphatic rings. The lowest BCUT2D eigenvalue weighted by atomic mass is 9.85. The molecule has 1 amide bonds. The third-order valence-electron chi connectivity index (χ3n) is 8.03. The maximum Gasteiger partial charge on any atom is 0.414 e. The van der Waals surface area contributed by atoms with E-state index in [2.05, 4.69) is 4.57 Å². The zero-order valence-electron chi connectivity index (χ0n) is 22.9. The van der Waals surface area contributed by atoms with Crippen molar-refractivity contribution in [3.8, 4) is 5.75 Å². The summed E-state index contributed by atoms with van der Waals surface area (Å²) in [7, 11) is 1.39. The third-order valence-corrected chi connectivity index (χ3v) is 8.03. The predicted molar refractivity (Wildman–Crippen MR) is 146 cm³/mol. The van der Waals surface area contributed by atoms with Crippen LogP contribution >= 0.6 is 0 Å². The van der Waals surface area contributed by atoms with Gasteiger partial charge in [-0.3, -0.25) is 9.69 Å². The van der Waals surface area contributed by atoms with Gasteiger partial charge in [0.25, 0.3) is 0 Å². The van der Waals surface area contributed by atoms with E-state index in [-0.39, 0.29) is 29.9 Å².